The summed E-state index contributed by atoms with van der Waals surface area (Å²) in [5.74, 6) is -3.28. The predicted octanol–water partition coefficient (Wildman–Crippen LogP) is 9.06. The molecule has 8 atom stereocenters. The standard InChI is InChI=1S/C50H60F2N5O7PS/c1-4-23-63-49(61)31(2)54-65(62,64-40-13-9-6-10-14-40)45(52)33-15-20-43-34(24-33)25-44(66-43)46(58)53-41-18-16-37(55(3)39-26-36(51)27-39)28-38-17-19-42(57(38)47(41)59)48(60)56-30-35(29-50(56)21-22-50)32-11-7-5-8-12-32/h5-15,20,24-25,31,35-39,41-42,45H,4,16-19,21-23,26-30H2,1-3H3,(H,53,58)(H,54,62)/t31-,35-,36?,37+,38-,39?,41+,42+,45-,65?/m1/s1. The number of nitrogens with zero attached hydrogens (tertiary/aromatic N) is 3. The lowest BCUT2D eigenvalue weighted by molar-refractivity contribution is -0.148. The van der Waals surface area contributed by atoms with Crippen LogP contribution >= 0.6 is 18.9 Å². The van der Waals surface area contributed by atoms with Crippen molar-refractivity contribution in [2.45, 2.75) is 144 Å². The molecule has 3 saturated heterocycles. The molecule has 4 aromatic rings. The van der Waals surface area contributed by atoms with Gasteiger partial charge in [-0.15, -0.1) is 11.3 Å². The van der Waals surface area contributed by atoms with Crippen LogP contribution in [0.4, 0.5) is 8.78 Å². The molecule has 1 aromatic heterocycles. The van der Waals surface area contributed by atoms with Gasteiger partial charge in [0.2, 0.25) is 17.7 Å². The smallest absolute Gasteiger partial charge is 0.355 e. The van der Waals surface area contributed by atoms with Crippen LogP contribution in [-0.4, -0.2) is 107 Å². The van der Waals surface area contributed by atoms with Crippen molar-refractivity contribution in [3.8, 4) is 5.75 Å². The topological polar surface area (TPSA) is 138 Å². The summed E-state index contributed by atoms with van der Waals surface area (Å²) in [5.41, 5.74) is 1.05. The Bertz CT molecular complexity index is 2470. The van der Waals surface area contributed by atoms with Gasteiger partial charge in [-0.2, -0.15) is 0 Å². The number of hydrogen-bond donors (Lipinski definition) is 2. The molecule has 352 valence electrons. The van der Waals surface area contributed by atoms with Gasteiger partial charge >= 0.3 is 13.5 Å². The number of likely N-dealkylation sites (tertiary alicyclic amines) is 1. The fourth-order valence-corrected chi connectivity index (χ4v) is 13.6. The molecule has 12 nitrogen and oxygen atoms in total. The summed E-state index contributed by atoms with van der Waals surface area (Å²) in [4.78, 5) is 63.1. The number of benzene rings is 3. The lowest BCUT2D eigenvalue weighted by atomic mass is 9.86. The van der Waals surface area contributed by atoms with Crippen LogP contribution in [0.25, 0.3) is 10.1 Å². The van der Waals surface area contributed by atoms with E-state index in [2.05, 4.69) is 32.3 Å². The van der Waals surface area contributed by atoms with Gasteiger partial charge in [0.15, 0.2) is 0 Å². The molecule has 3 aliphatic heterocycles. The highest BCUT2D eigenvalue weighted by Crippen LogP contribution is 2.58. The number of halogens is 2. The molecule has 1 unspecified atom stereocenters. The molecule has 3 amide bonds. The molecule has 2 N–H and O–H groups in total. The molecule has 66 heavy (non-hydrogen) atoms. The maximum atomic E-state index is 16.7. The van der Waals surface area contributed by atoms with E-state index < -0.39 is 49.6 Å². The molecule has 3 aromatic carbocycles. The van der Waals surface area contributed by atoms with Crippen molar-refractivity contribution < 1.29 is 41.8 Å². The van der Waals surface area contributed by atoms with Crippen LogP contribution in [0.5, 0.6) is 5.75 Å². The maximum absolute atomic E-state index is 16.7. The van der Waals surface area contributed by atoms with Crippen molar-refractivity contribution in [3.63, 3.8) is 0 Å². The molecule has 0 radical (unpaired) electrons. The summed E-state index contributed by atoms with van der Waals surface area (Å²) in [5, 5.41) is 6.18. The van der Waals surface area contributed by atoms with Gasteiger partial charge in [-0.05, 0) is 131 Å². The van der Waals surface area contributed by atoms with Crippen LogP contribution in [0.3, 0.4) is 0 Å². The summed E-state index contributed by atoms with van der Waals surface area (Å²) in [6, 6.07) is 21.9. The Kier molecular flexibility index (Phi) is 13.5. The first-order valence-electron chi connectivity index (χ1n) is 23.6. The first-order valence-corrected chi connectivity index (χ1v) is 26.1. The lowest BCUT2D eigenvalue weighted by Crippen LogP contribution is -2.59. The molecule has 5 fully saturated rings. The average Bonchev–Trinajstić information content (AvgIpc) is 3.58. The minimum Gasteiger partial charge on any atom is -0.465 e. The fourth-order valence-electron chi connectivity index (χ4n) is 10.7. The highest BCUT2D eigenvalue weighted by Gasteiger charge is 2.59. The fraction of sp³-hybridized carbons (Fsp3) is 0.520. The van der Waals surface area contributed by atoms with Gasteiger partial charge in [-0.1, -0.05) is 61.5 Å². The van der Waals surface area contributed by atoms with Gasteiger partial charge in [0.1, 0.15) is 30.0 Å². The highest BCUT2D eigenvalue weighted by atomic mass is 32.1. The zero-order valence-electron chi connectivity index (χ0n) is 37.8. The van der Waals surface area contributed by atoms with E-state index in [1.54, 1.807) is 47.4 Å². The normalized spacial score (nSPS) is 27.6. The van der Waals surface area contributed by atoms with Crippen LogP contribution in [-0.2, 0) is 23.7 Å². The molecular formula is C50H60F2N5O7PS. The third-order valence-electron chi connectivity index (χ3n) is 14.6. The molecule has 5 aliphatic rings. The van der Waals surface area contributed by atoms with E-state index in [0.29, 0.717) is 72.9 Å². The second-order valence-corrected chi connectivity index (χ2v) is 22.3. The number of fused-ring (bicyclic) bond motifs is 2. The minimum atomic E-state index is -4.48. The van der Waals surface area contributed by atoms with Gasteiger partial charge in [0, 0.05) is 40.8 Å². The summed E-state index contributed by atoms with van der Waals surface area (Å²) in [7, 11) is -2.45. The van der Waals surface area contributed by atoms with Gasteiger partial charge in [0.25, 0.3) is 5.91 Å². The van der Waals surface area contributed by atoms with Crippen LogP contribution in [0.2, 0.25) is 0 Å². The largest absolute Gasteiger partial charge is 0.465 e. The predicted molar refractivity (Wildman–Crippen MR) is 250 cm³/mol. The van der Waals surface area contributed by atoms with Crippen molar-refractivity contribution in [3.05, 3.63) is 101 Å². The summed E-state index contributed by atoms with van der Waals surface area (Å²) < 4.78 is 56.9. The minimum absolute atomic E-state index is 0.0112. The van der Waals surface area contributed by atoms with Crippen molar-refractivity contribution >= 4 is 52.6 Å². The SMILES string of the molecule is CCCOC(=O)[C@@H](C)NP(=O)(Oc1ccccc1)[C@@H](F)c1ccc2sc(C(=O)N[C@H]3CC[C@H](N(C)C4CC(F)C4)C[C@H]4CC[C@@H](C(=O)N5C[C@H](c6ccccc6)CC56CC6)N4C3=O)cc2c1. The number of para-hydroxylation sites is 1. The Morgan fingerprint density at radius 1 is 0.955 bits per heavy atom. The third-order valence-corrected chi connectivity index (χ3v) is 17.9. The van der Waals surface area contributed by atoms with E-state index in [0.717, 1.165) is 19.3 Å². The Morgan fingerprint density at radius 2 is 1.68 bits per heavy atom. The number of carbonyl (C=O) groups excluding carboxylic acids is 4. The Morgan fingerprint density at radius 3 is 2.38 bits per heavy atom. The van der Waals surface area contributed by atoms with Gasteiger partial charge in [-0.25, -0.2) is 13.9 Å². The van der Waals surface area contributed by atoms with E-state index >= 15 is 4.39 Å². The molecule has 2 saturated carbocycles. The summed E-state index contributed by atoms with van der Waals surface area (Å²) in [6.45, 7) is 4.05. The zero-order chi connectivity index (χ0) is 46.3. The first-order chi connectivity index (χ1) is 31.8. The van der Waals surface area contributed by atoms with Gasteiger partial charge in [-0.3, -0.25) is 23.7 Å². The first kappa shape index (κ1) is 46.4. The number of esters is 1. The van der Waals surface area contributed by atoms with Gasteiger partial charge in [0.05, 0.1) is 11.5 Å². The maximum Gasteiger partial charge on any atom is 0.355 e. The van der Waals surface area contributed by atoms with Gasteiger partial charge < -0.3 is 29.3 Å². The van der Waals surface area contributed by atoms with Crippen molar-refractivity contribution in [1.82, 2.24) is 25.1 Å². The monoisotopic (exact) mass is 943 g/mol. The molecule has 0 bridgehead atoms. The zero-order valence-corrected chi connectivity index (χ0v) is 39.5. The van der Waals surface area contributed by atoms with Crippen LogP contribution < -0.4 is 14.9 Å². The van der Waals surface area contributed by atoms with Crippen molar-refractivity contribution in [2.24, 2.45) is 0 Å². The number of hydrogen-bond acceptors (Lipinski definition) is 9. The molecular weight excluding hydrogens is 884 g/mol. The second-order valence-electron chi connectivity index (χ2n) is 19.1. The number of ether oxygens (including phenoxy) is 1. The average molecular weight is 944 g/mol. The number of thiophene rings is 1. The number of rotatable bonds is 15. The number of nitrogens with one attached hydrogen (secondary N) is 2. The summed E-state index contributed by atoms with van der Waals surface area (Å²) in [6.07, 6.45) is 6.34. The van der Waals surface area contributed by atoms with Crippen molar-refractivity contribution in [1.29, 1.82) is 0 Å². The number of alkyl halides is 2. The van der Waals surface area contributed by atoms with E-state index in [4.69, 9.17) is 9.26 Å². The molecule has 2 aliphatic carbocycles. The molecule has 4 heterocycles. The molecule has 16 heteroatoms. The number of carbonyl (C=O) groups is 4. The Hall–Kier alpha value is -4.69. The van der Waals surface area contributed by atoms with E-state index in [1.165, 1.54) is 36.0 Å². The quantitative estimate of drug-likeness (QED) is 0.0884. The highest BCUT2D eigenvalue weighted by molar-refractivity contribution is 7.57. The van der Waals surface area contributed by atoms with Crippen LogP contribution in [0.15, 0.2) is 84.9 Å². The van der Waals surface area contributed by atoms with E-state index in [1.807, 2.05) is 32.2 Å². The summed E-state index contributed by atoms with van der Waals surface area (Å²) >= 11 is 1.18. The van der Waals surface area contributed by atoms with E-state index in [9.17, 15) is 28.1 Å². The second kappa shape index (κ2) is 19.1. The number of amides is 3. The van der Waals surface area contributed by atoms with Crippen LogP contribution in [0.1, 0.15) is 117 Å². The molecule has 9 rings (SSSR count). The molecule has 1 spiro atoms. The Labute approximate surface area is 389 Å². The van der Waals surface area contributed by atoms with E-state index in [-0.39, 0.29) is 59.3 Å². The van der Waals surface area contributed by atoms with Crippen molar-refractivity contribution in [2.75, 3.05) is 20.2 Å². The van der Waals surface area contributed by atoms with Crippen LogP contribution in [0, 0.1) is 0 Å². The third kappa shape index (κ3) is 9.42. The lowest BCUT2D eigenvalue weighted by Gasteiger charge is -2.45. The Balaban J connectivity index is 0.952.